The maximum atomic E-state index is 4.40. The van der Waals surface area contributed by atoms with Gasteiger partial charge in [-0.2, -0.15) is 0 Å². The maximum Gasteiger partial charge on any atom is 0.0798 e. The minimum atomic E-state index is 0.771. The molecule has 1 atom stereocenters. The van der Waals surface area contributed by atoms with Crippen LogP contribution in [-0.2, 0) is 13.0 Å². The Morgan fingerprint density at radius 3 is 3.38 bits per heavy atom. The Bertz CT molecular complexity index is 345. The van der Waals surface area contributed by atoms with Gasteiger partial charge in [-0.3, -0.25) is 4.90 Å². The molecule has 1 aromatic heterocycles. The second-order valence-corrected chi connectivity index (χ2v) is 5.62. The molecule has 0 amide bonds. The molecule has 2 nitrogen and oxygen atoms in total. The number of thiazole rings is 1. The zero-order valence-electron chi connectivity index (χ0n) is 9.98. The molecule has 0 spiro atoms. The van der Waals surface area contributed by atoms with Crippen LogP contribution in [0.15, 0.2) is 18.2 Å². The molecule has 0 bridgehead atoms. The summed E-state index contributed by atoms with van der Waals surface area (Å²) in [6.07, 6.45) is 5.55. The molecular formula is C13H20N2S. The average molecular weight is 236 g/mol. The van der Waals surface area contributed by atoms with Crippen molar-refractivity contribution >= 4 is 11.3 Å². The van der Waals surface area contributed by atoms with E-state index in [1.165, 1.54) is 30.1 Å². The molecule has 0 N–H and O–H groups in total. The van der Waals surface area contributed by atoms with E-state index in [9.17, 15) is 0 Å². The maximum absolute atomic E-state index is 4.40. The van der Waals surface area contributed by atoms with Crippen molar-refractivity contribution in [1.82, 2.24) is 9.88 Å². The summed E-state index contributed by atoms with van der Waals surface area (Å²) in [4.78, 5) is 8.44. The van der Waals surface area contributed by atoms with Gasteiger partial charge in [-0.25, -0.2) is 4.98 Å². The lowest BCUT2D eigenvalue weighted by Gasteiger charge is -2.28. The van der Waals surface area contributed by atoms with Crippen molar-refractivity contribution in [2.45, 2.75) is 32.7 Å². The predicted molar refractivity (Wildman–Crippen MR) is 69.7 cm³/mol. The van der Waals surface area contributed by atoms with Crippen molar-refractivity contribution in [3.8, 4) is 0 Å². The van der Waals surface area contributed by atoms with Crippen LogP contribution in [-0.4, -0.2) is 23.0 Å². The molecular weight excluding hydrogens is 216 g/mol. The lowest BCUT2D eigenvalue weighted by Crippen LogP contribution is -2.33. The Balaban J connectivity index is 1.82. The molecule has 2 heterocycles. The fourth-order valence-electron chi connectivity index (χ4n) is 2.26. The van der Waals surface area contributed by atoms with Crippen LogP contribution < -0.4 is 0 Å². The minimum Gasteiger partial charge on any atom is -0.298 e. The number of fused-ring (bicyclic) bond motifs is 1. The van der Waals surface area contributed by atoms with Crippen LogP contribution in [0.3, 0.4) is 0 Å². The number of allylic oxidation sites excluding steroid dienone is 1. The van der Waals surface area contributed by atoms with E-state index in [2.05, 4.69) is 23.4 Å². The summed E-state index contributed by atoms with van der Waals surface area (Å²) in [6.45, 7) is 9.62. The highest BCUT2D eigenvalue weighted by Gasteiger charge is 2.19. The summed E-state index contributed by atoms with van der Waals surface area (Å²) in [5.74, 6) is 0.771. The van der Waals surface area contributed by atoms with Crippen molar-refractivity contribution in [3.05, 3.63) is 28.7 Å². The summed E-state index contributed by atoms with van der Waals surface area (Å²) in [7, 11) is 0. The molecule has 2 rings (SSSR count). The van der Waals surface area contributed by atoms with Crippen molar-refractivity contribution in [2.24, 2.45) is 5.92 Å². The Kier molecular flexibility index (Phi) is 4.13. The van der Waals surface area contributed by atoms with E-state index in [0.29, 0.717) is 0 Å². The van der Waals surface area contributed by atoms with Crippen molar-refractivity contribution in [3.63, 3.8) is 0 Å². The van der Waals surface area contributed by atoms with Crippen molar-refractivity contribution in [1.29, 1.82) is 0 Å². The molecule has 0 saturated carbocycles. The monoisotopic (exact) mass is 236 g/mol. The van der Waals surface area contributed by atoms with Gasteiger partial charge in [0, 0.05) is 30.9 Å². The van der Waals surface area contributed by atoms with Crippen LogP contribution in [0.5, 0.6) is 0 Å². The number of hydrogen-bond donors (Lipinski definition) is 0. The molecule has 0 aromatic carbocycles. The van der Waals surface area contributed by atoms with E-state index in [-0.39, 0.29) is 0 Å². The van der Waals surface area contributed by atoms with Crippen molar-refractivity contribution in [2.75, 3.05) is 13.1 Å². The van der Waals surface area contributed by atoms with Gasteiger partial charge < -0.3 is 0 Å². The van der Waals surface area contributed by atoms with Crippen LogP contribution in [0.4, 0.5) is 0 Å². The van der Waals surface area contributed by atoms with Gasteiger partial charge in [-0.1, -0.05) is 13.0 Å². The fourth-order valence-corrected chi connectivity index (χ4v) is 3.12. The minimum absolute atomic E-state index is 0.771. The molecule has 1 unspecified atom stereocenters. The van der Waals surface area contributed by atoms with E-state index < -0.39 is 0 Å². The SMILES string of the molecule is C=CCCC(C)CN1CCc2ncsc2C1. The third-order valence-electron chi connectivity index (χ3n) is 3.19. The summed E-state index contributed by atoms with van der Waals surface area (Å²) >= 11 is 1.81. The Morgan fingerprint density at radius 2 is 2.56 bits per heavy atom. The van der Waals surface area contributed by atoms with E-state index in [4.69, 9.17) is 0 Å². The van der Waals surface area contributed by atoms with Gasteiger partial charge in [-0.05, 0) is 18.8 Å². The lowest BCUT2D eigenvalue weighted by molar-refractivity contribution is 0.217. The zero-order chi connectivity index (χ0) is 11.4. The van der Waals surface area contributed by atoms with Gasteiger partial charge in [0.1, 0.15) is 0 Å². The van der Waals surface area contributed by atoms with E-state index in [1.807, 2.05) is 11.6 Å². The predicted octanol–water partition coefficient (Wildman–Crippen LogP) is 3.10. The van der Waals surface area contributed by atoms with Gasteiger partial charge >= 0.3 is 0 Å². The Hall–Kier alpha value is -0.670. The molecule has 1 aliphatic heterocycles. The van der Waals surface area contributed by atoms with Crippen LogP contribution >= 0.6 is 11.3 Å². The molecule has 1 aliphatic rings. The topological polar surface area (TPSA) is 16.1 Å². The summed E-state index contributed by atoms with van der Waals surface area (Å²) in [6, 6.07) is 0. The number of aromatic nitrogens is 1. The standard InChI is InChI=1S/C13H20N2S/c1-3-4-5-11(2)8-15-7-6-12-13(9-15)16-10-14-12/h3,10-11H,1,4-9H2,2H3. The summed E-state index contributed by atoms with van der Waals surface area (Å²) in [5.41, 5.74) is 3.31. The fraction of sp³-hybridized carbons (Fsp3) is 0.615. The third kappa shape index (κ3) is 2.92. The summed E-state index contributed by atoms with van der Waals surface area (Å²) < 4.78 is 0. The highest BCUT2D eigenvalue weighted by Crippen LogP contribution is 2.22. The first-order chi connectivity index (χ1) is 7.79. The van der Waals surface area contributed by atoms with E-state index >= 15 is 0 Å². The average Bonchev–Trinajstić information content (AvgIpc) is 2.73. The first kappa shape index (κ1) is 11.8. The normalized spacial score (nSPS) is 18.1. The molecule has 0 radical (unpaired) electrons. The highest BCUT2D eigenvalue weighted by atomic mass is 32.1. The number of hydrogen-bond acceptors (Lipinski definition) is 3. The third-order valence-corrected chi connectivity index (χ3v) is 4.05. The highest BCUT2D eigenvalue weighted by molar-refractivity contribution is 7.09. The first-order valence-corrected chi connectivity index (χ1v) is 6.92. The molecule has 0 aliphatic carbocycles. The number of nitrogens with zero attached hydrogens (tertiary/aromatic N) is 2. The van der Waals surface area contributed by atoms with Gasteiger partial charge in [0.2, 0.25) is 0 Å². The van der Waals surface area contributed by atoms with Gasteiger partial charge in [-0.15, -0.1) is 17.9 Å². The second-order valence-electron chi connectivity index (χ2n) is 4.68. The van der Waals surface area contributed by atoms with Crippen LogP contribution in [0.25, 0.3) is 0 Å². The van der Waals surface area contributed by atoms with Gasteiger partial charge in [0.25, 0.3) is 0 Å². The summed E-state index contributed by atoms with van der Waals surface area (Å²) in [5, 5.41) is 0. The first-order valence-electron chi connectivity index (χ1n) is 6.04. The van der Waals surface area contributed by atoms with Crippen molar-refractivity contribution < 1.29 is 0 Å². The quantitative estimate of drug-likeness (QED) is 0.730. The Morgan fingerprint density at radius 1 is 1.69 bits per heavy atom. The van der Waals surface area contributed by atoms with E-state index in [0.717, 1.165) is 25.3 Å². The molecule has 16 heavy (non-hydrogen) atoms. The molecule has 1 aromatic rings. The lowest BCUT2D eigenvalue weighted by atomic mass is 10.0. The number of rotatable bonds is 5. The zero-order valence-corrected chi connectivity index (χ0v) is 10.8. The molecule has 88 valence electrons. The Labute approximate surface area is 102 Å². The van der Waals surface area contributed by atoms with Crippen LogP contribution in [0, 0.1) is 5.92 Å². The second kappa shape index (κ2) is 5.60. The molecule has 0 saturated heterocycles. The van der Waals surface area contributed by atoms with Gasteiger partial charge in [0.05, 0.1) is 11.2 Å². The van der Waals surface area contributed by atoms with E-state index in [1.54, 1.807) is 11.3 Å². The van der Waals surface area contributed by atoms with Crippen LogP contribution in [0.1, 0.15) is 30.3 Å². The smallest absolute Gasteiger partial charge is 0.0798 e. The molecule has 3 heteroatoms. The van der Waals surface area contributed by atoms with Crippen LogP contribution in [0.2, 0.25) is 0 Å². The molecule has 0 fully saturated rings. The largest absolute Gasteiger partial charge is 0.298 e. The van der Waals surface area contributed by atoms with Gasteiger partial charge in [0.15, 0.2) is 0 Å².